The Bertz CT molecular complexity index is 1860. The number of benzene rings is 3. The molecule has 9 nitrogen and oxygen atoms in total. The monoisotopic (exact) mass is 639 g/mol. The highest BCUT2D eigenvalue weighted by Gasteiger charge is 2.22. The predicted molar refractivity (Wildman–Crippen MR) is 163 cm³/mol. The molecule has 0 atom stereocenters. The van der Waals surface area contributed by atoms with Gasteiger partial charge in [0.05, 0.1) is 7.11 Å². The zero-order valence-electron chi connectivity index (χ0n) is 25.2. The van der Waals surface area contributed by atoms with Crippen LogP contribution in [0.1, 0.15) is 38.4 Å². The standard InChI is InChI=1S/C33H31F2NO8S/c1-20-6-7-21(2)31(16-20)45(39,40)44-29-14-8-24(18-30(29)41-5)9-15-32(38)42-19-28(37)27-17-22(3)36(23(27)4)25-10-12-26(13-11-25)43-33(34)35/h6-18,33H,19H2,1-5H3. The van der Waals surface area contributed by atoms with Crippen LogP contribution in [0.4, 0.5) is 8.78 Å². The highest BCUT2D eigenvalue weighted by molar-refractivity contribution is 7.87. The van der Waals surface area contributed by atoms with Crippen molar-refractivity contribution in [3.8, 4) is 22.9 Å². The Hall–Kier alpha value is -4.97. The van der Waals surface area contributed by atoms with Crippen LogP contribution in [0.5, 0.6) is 17.2 Å². The molecule has 4 rings (SSSR count). The van der Waals surface area contributed by atoms with Gasteiger partial charge in [0.15, 0.2) is 18.1 Å². The van der Waals surface area contributed by atoms with Crippen LogP contribution in [0, 0.1) is 27.7 Å². The van der Waals surface area contributed by atoms with Crippen molar-refractivity contribution in [3.63, 3.8) is 0 Å². The first-order chi connectivity index (χ1) is 21.3. The molecule has 1 heterocycles. The van der Waals surface area contributed by atoms with Crippen LogP contribution in [0.2, 0.25) is 0 Å². The van der Waals surface area contributed by atoms with E-state index in [4.69, 9.17) is 13.7 Å². The van der Waals surface area contributed by atoms with Gasteiger partial charge in [-0.05, 0) is 99.0 Å². The number of methoxy groups -OCH3 is 1. The van der Waals surface area contributed by atoms with E-state index in [2.05, 4.69) is 4.74 Å². The van der Waals surface area contributed by atoms with Crippen molar-refractivity contribution in [3.05, 3.63) is 106 Å². The maximum absolute atomic E-state index is 12.9. The zero-order valence-corrected chi connectivity index (χ0v) is 26.0. The second-order valence-corrected chi connectivity index (χ2v) is 11.6. The fraction of sp³-hybridized carbons (Fsp3) is 0.212. The van der Waals surface area contributed by atoms with Crippen LogP contribution >= 0.6 is 0 Å². The molecule has 0 aliphatic rings. The van der Waals surface area contributed by atoms with Crippen LogP contribution in [-0.4, -0.2) is 45.1 Å². The molecule has 236 valence electrons. The van der Waals surface area contributed by atoms with Gasteiger partial charge < -0.3 is 23.0 Å². The van der Waals surface area contributed by atoms with E-state index in [0.717, 1.165) is 11.6 Å². The third-order valence-electron chi connectivity index (χ3n) is 6.81. The molecule has 0 N–H and O–H groups in total. The topological polar surface area (TPSA) is 110 Å². The average Bonchev–Trinajstić information content (AvgIpc) is 3.29. The van der Waals surface area contributed by atoms with Crippen LogP contribution < -0.4 is 13.7 Å². The molecule has 0 fully saturated rings. The molecule has 3 aromatic carbocycles. The molecular formula is C33H31F2NO8S. The van der Waals surface area contributed by atoms with Crippen molar-refractivity contribution < 1.29 is 45.2 Å². The van der Waals surface area contributed by atoms with Crippen molar-refractivity contribution >= 4 is 27.9 Å². The van der Waals surface area contributed by atoms with Crippen molar-refractivity contribution in [2.24, 2.45) is 0 Å². The van der Waals surface area contributed by atoms with E-state index in [1.807, 2.05) is 0 Å². The molecule has 4 aromatic rings. The van der Waals surface area contributed by atoms with Crippen molar-refractivity contribution in [1.82, 2.24) is 4.57 Å². The maximum Gasteiger partial charge on any atom is 0.387 e. The quantitative estimate of drug-likeness (QED) is 0.0745. The van der Waals surface area contributed by atoms with E-state index in [9.17, 15) is 26.8 Å². The van der Waals surface area contributed by atoms with Gasteiger partial charge in [-0.15, -0.1) is 0 Å². The highest BCUT2D eigenvalue weighted by Crippen LogP contribution is 2.32. The number of nitrogens with zero attached hydrogens (tertiary/aromatic N) is 1. The summed E-state index contributed by atoms with van der Waals surface area (Å²) < 4.78 is 72.7. The number of esters is 1. The Morgan fingerprint density at radius 3 is 2.29 bits per heavy atom. The molecule has 0 aliphatic heterocycles. The lowest BCUT2D eigenvalue weighted by molar-refractivity contribution is -0.136. The van der Waals surface area contributed by atoms with E-state index < -0.39 is 35.1 Å². The number of aromatic nitrogens is 1. The molecule has 0 bridgehead atoms. The molecule has 0 saturated heterocycles. The molecule has 0 saturated carbocycles. The Labute approximate surface area is 259 Å². The van der Waals surface area contributed by atoms with Gasteiger partial charge in [-0.3, -0.25) is 4.79 Å². The van der Waals surface area contributed by atoms with Crippen molar-refractivity contribution in [2.75, 3.05) is 13.7 Å². The first-order valence-electron chi connectivity index (χ1n) is 13.6. The number of ether oxygens (including phenoxy) is 3. The second kappa shape index (κ2) is 13.8. The fourth-order valence-electron chi connectivity index (χ4n) is 4.64. The molecule has 0 unspecified atom stereocenters. The van der Waals surface area contributed by atoms with E-state index >= 15 is 0 Å². The molecule has 1 aromatic heterocycles. The number of alkyl halides is 2. The summed E-state index contributed by atoms with van der Waals surface area (Å²) in [6.45, 7) is 3.51. The number of carbonyl (C=O) groups excluding carboxylic acids is 2. The number of aryl methyl sites for hydroxylation is 3. The van der Waals surface area contributed by atoms with Crippen LogP contribution in [0.15, 0.2) is 77.7 Å². The number of rotatable bonds is 12. The number of carbonyl (C=O) groups is 2. The van der Waals surface area contributed by atoms with Gasteiger partial charge in [0, 0.05) is 28.7 Å². The van der Waals surface area contributed by atoms with Gasteiger partial charge in [0.2, 0.25) is 5.78 Å². The fourth-order valence-corrected chi connectivity index (χ4v) is 5.90. The largest absolute Gasteiger partial charge is 0.493 e. The predicted octanol–water partition coefficient (Wildman–Crippen LogP) is 6.53. The number of halogens is 2. The van der Waals surface area contributed by atoms with Crippen LogP contribution in [-0.2, 0) is 19.6 Å². The summed E-state index contributed by atoms with van der Waals surface area (Å²) in [5.41, 5.74) is 4.07. The van der Waals surface area contributed by atoms with Gasteiger partial charge in [-0.2, -0.15) is 17.2 Å². The lowest BCUT2D eigenvalue weighted by Crippen LogP contribution is -2.13. The Balaban J connectivity index is 1.40. The molecular weight excluding hydrogens is 608 g/mol. The Kier molecular flexibility index (Phi) is 10.1. The highest BCUT2D eigenvalue weighted by atomic mass is 32.2. The summed E-state index contributed by atoms with van der Waals surface area (Å²) in [6.07, 6.45) is 2.55. The third kappa shape index (κ3) is 7.95. The zero-order chi connectivity index (χ0) is 32.9. The maximum atomic E-state index is 12.9. The van der Waals surface area contributed by atoms with Gasteiger partial charge in [0.25, 0.3) is 0 Å². The average molecular weight is 640 g/mol. The second-order valence-electron chi connectivity index (χ2n) is 10.1. The smallest absolute Gasteiger partial charge is 0.387 e. The van der Waals surface area contributed by atoms with E-state index in [1.165, 1.54) is 49.6 Å². The van der Waals surface area contributed by atoms with Crippen LogP contribution in [0.25, 0.3) is 11.8 Å². The minimum atomic E-state index is -4.14. The Morgan fingerprint density at radius 1 is 0.911 bits per heavy atom. The lowest BCUT2D eigenvalue weighted by Gasteiger charge is -2.13. The summed E-state index contributed by atoms with van der Waals surface area (Å²) in [6, 6.07) is 17.1. The summed E-state index contributed by atoms with van der Waals surface area (Å²) in [4.78, 5) is 25.3. The number of Topliss-reactive ketones (excluding diaryl/α,β-unsaturated/α-hetero) is 1. The molecule has 0 aliphatic carbocycles. The van der Waals surface area contributed by atoms with Gasteiger partial charge in [-0.1, -0.05) is 18.2 Å². The normalized spacial score (nSPS) is 11.6. The summed E-state index contributed by atoms with van der Waals surface area (Å²) in [7, 11) is -2.78. The Morgan fingerprint density at radius 2 is 1.62 bits per heavy atom. The van der Waals surface area contributed by atoms with Gasteiger partial charge in [0.1, 0.15) is 10.6 Å². The molecule has 0 radical (unpaired) electrons. The summed E-state index contributed by atoms with van der Waals surface area (Å²) in [5, 5.41) is 0. The number of hydrogen-bond acceptors (Lipinski definition) is 8. The first kappa shape index (κ1) is 32.9. The first-order valence-corrected chi connectivity index (χ1v) is 15.0. The van der Waals surface area contributed by atoms with Crippen LogP contribution in [0.3, 0.4) is 0 Å². The summed E-state index contributed by atoms with van der Waals surface area (Å²) in [5.74, 6) is -1.10. The van der Waals surface area contributed by atoms with Gasteiger partial charge >= 0.3 is 22.7 Å². The minimum Gasteiger partial charge on any atom is -0.493 e. The van der Waals surface area contributed by atoms with E-state index in [-0.39, 0.29) is 22.1 Å². The molecule has 12 heteroatoms. The van der Waals surface area contributed by atoms with E-state index in [0.29, 0.717) is 33.8 Å². The minimum absolute atomic E-state index is 0.0105. The summed E-state index contributed by atoms with van der Waals surface area (Å²) >= 11 is 0. The molecule has 0 amide bonds. The third-order valence-corrected chi connectivity index (χ3v) is 8.19. The van der Waals surface area contributed by atoms with Gasteiger partial charge in [-0.25, -0.2) is 4.79 Å². The van der Waals surface area contributed by atoms with Crippen molar-refractivity contribution in [2.45, 2.75) is 39.2 Å². The van der Waals surface area contributed by atoms with E-state index in [1.54, 1.807) is 62.6 Å². The number of ketones is 1. The van der Waals surface area contributed by atoms with Crippen molar-refractivity contribution in [1.29, 1.82) is 0 Å². The molecule has 45 heavy (non-hydrogen) atoms. The number of hydrogen-bond donors (Lipinski definition) is 0. The molecule has 0 spiro atoms. The SMILES string of the molecule is COc1cc(C=CC(=O)OCC(=O)c2cc(C)n(-c3ccc(OC(F)F)cc3)c2C)ccc1OS(=O)(=O)c1cc(C)ccc1C. The lowest BCUT2D eigenvalue weighted by atomic mass is 10.1.